The van der Waals surface area contributed by atoms with Gasteiger partial charge in [0.2, 0.25) is 0 Å². The maximum absolute atomic E-state index is 11.9. The summed E-state index contributed by atoms with van der Waals surface area (Å²) in [5.74, 6) is 0.126. The second kappa shape index (κ2) is 5.07. The van der Waals surface area contributed by atoms with Gasteiger partial charge in [0.15, 0.2) is 0 Å². The molecule has 97 valence electrons. The third-order valence-corrected chi connectivity index (χ3v) is 3.48. The van der Waals surface area contributed by atoms with Crippen LogP contribution < -0.4 is 4.18 Å². The predicted molar refractivity (Wildman–Crippen MR) is 66.2 cm³/mol. The van der Waals surface area contributed by atoms with Crippen molar-refractivity contribution in [3.05, 3.63) is 64.7 Å². The zero-order valence-electron chi connectivity index (χ0n) is 9.52. The molecule has 2 aromatic carbocycles. The highest BCUT2D eigenvalue weighted by Gasteiger charge is 2.17. The summed E-state index contributed by atoms with van der Waals surface area (Å²) in [6, 6.07) is 13.2. The van der Waals surface area contributed by atoms with Gasteiger partial charge in [-0.05, 0) is 30.3 Å². The van der Waals surface area contributed by atoms with E-state index in [4.69, 9.17) is 4.18 Å². The van der Waals surface area contributed by atoms with E-state index in [9.17, 15) is 18.5 Å². The van der Waals surface area contributed by atoms with Gasteiger partial charge in [-0.15, -0.1) is 0 Å². The Balaban J connectivity index is 2.27. The van der Waals surface area contributed by atoms with Crippen LogP contribution in [-0.2, 0) is 10.1 Å². The average molecular weight is 278 g/mol. The molecule has 6 nitrogen and oxygen atoms in total. The van der Waals surface area contributed by atoms with Crippen molar-refractivity contribution in [1.82, 2.24) is 0 Å². The predicted octanol–water partition coefficient (Wildman–Crippen LogP) is 2.16. The molecule has 0 spiro atoms. The Hall–Kier alpha value is -2.41. The second-order valence-electron chi connectivity index (χ2n) is 3.53. The third kappa shape index (κ3) is 3.08. The van der Waals surface area contributed by atoms with Crippen molar-refractivity contribution in [1.29, 1.82) is 0 Å². The summed E-state index contributed by atoms with van der Waals surface area (Å²) in [7, 11) is -4.00. The molecule has 0 bridgehead atoms. The first-order valence-corrected chi connectivity index (χ1v) is 6.55. The molecule has 0 fully saturated rings. The summed E-state index contributed by atoms with van der Waals surface area (Å²) in [6.07, 6.45) is 0. The van der Waals surface area contributed by atoms with Crippen LogP contribution in [0.25, 0.3) is 0 Å². The Morgan fingerprint density at radius 1 is 1.16 bits per heavy atom. The van der Waals surface area contributed by atoms with Crippen LogP contribution >= 0.6 is 0 Å². The van der Waals surface area contributed by atoms with E-state index in [-0.39, 0.29) is 16.3 Å². The van der Waals surface area contributed by atoms with Crippen molar-refractivity contribution in [2.75, 3.05) is 0 Å². The smallest absolute Gasteiger partial charge is 0.339 e. The van der Waals surface area contributed by atoms with Crippen molar-refractivity contribution in [3.63, 3.8) is 0 Å². The Labute approximate surface area is 109 Å². The van der Waals surface area contributed by atoms with Crippen LogP contribution in [-0.4, -0.2) is 13.3 Å². The molecule has 0 N–H and O–H groups in total. The Morgan fingerprint density at radius 3 is 2.37 bits per heavy atom. The molecule has 0 unspecified atom stereocenters. The Bertz CT molecular complexity index is 680. The van der Waals surface area contributed by atoms with Gasteiger partial charge in [-0.2, -0.15) is 8.42 Å². The highest BCUT2D eigenvalue weighted by atomic mass is 32.2. The van der Waals surface area contributed by atoms with E-state index in [0.29, 0.717) is 0 Å². The van der Waals surface area contributed by atoms with Gasteiger partial charge in [-0.3, -0.25) is 10.1 Å². The molecular formula is C12H8NO5S. The van der Waals surface area contributed by atoms with E-state index in [1.54, 1.807) is 12.1 Å². The first-order valence-electron chi connectivity index (χ1n) is 5.14. The van der Waals surface area contributed by atoms with Crippen LogP contribution in [0.2, 0.25) is 0 Å². The van der Waals surface area contributed by atoms with Crippen LogP contribution in [0.15, 0.2) is 53.4 Å². The quantitative estimate of drug-likeness (QED) is 0.486. The maximum Gasteiger partial charge on any atom is 0.339 e. The van der Waals surface area contributed by atoms with E-state index in [0.717, 1.165) is 24.3 Å². The molecule has 0 amide bonds. The van der Waals surface area contributed by atoms with Crippen molar-refractivity contribution >= 4 is 15.8 Å². The number of hydrogen-bond donors (Lipinski definition) is 0. The van der Waals surface area contributed by atoms with Gasteiger partial charge in [0.05, 0.1) is 4.92 Å². The zero-order valence-corrected chi connectivity index (χ0v) is 10.3. The highest BCUT2D eigenvalue weighted by molar-refractivity contribution is 7.87. The average Bonchev–Trinajstić information content (AvgIpc) is 2.39. The molecule has 0 atom stereocenters. The number of benzene rings is 2. The van der Waals surface area contributed by atoms with Gasteiger partial charge in [0, 0.05) is 12.1 Å². The fraction of sp³-hybridized carbons (Fsp3) is 0. The normalized spacial score (nSPS) is 10.9. The van der Waals surface area contributed by atoms with Gasteiger partial charge in [0.1, 0.15) is 10.6 Å². The molecule has 19 heavy (non-hydrogen) atoms. The summed E-state index contributed by atoms with van der Waals surface area (Å²) in [6.45, 7) is 0. The standard InChI is InChI=1S/C12H8NO5S/c14-13(15)10-6-8-12(9-7-10)19(16,17)18-11-4-2-1-3-5-11/h1-2,4-9H. The lowest BCUT2D eigenvalue weighted by Gasteiger charge is -2.06. The molecule has 2 rings (SSSR count). The molecule has 0 heterocycles. The number of nitro benzene ring substituents is 1. The minimum atomic E-state index is -4.00. The zero-order chi connectivity index (χ0) is 13.9. The highest BCUT2D eigenvalue weighted by Crippen LogP contribution is 2.20. The number of nitro groups is 1. The lowest BCUT2D eigenvalue weighted by molar-refractivity contribution is -0.384. The SMILES string of the molecule is O=[N+]([O-])c1ccc(S(=O)(=O)Oc2c[c]ccc2)cc1. The monoisotopic (exact) mass is 278 g/mol. The summed E-state index contributed by atoms with van der Waals surface area (Å²) in [5.41, 5.74) is -0.188. The summed E-state index contributed by atoms with van der Waals surface area (Å²) in [5, 5.41) is 10.5. The van der Waals surface area contributed by atoms with E-state index >= 15 is 0 Å². The number of rotatable bonds is 4. The van der Waals surface area contributed by atoms with Crippen molar-refractivity contribution in [2.24, 2.45) is 0 Å². The molecule has 0 aliphatic rings. The van der Waals surface area contributed by atoms with Crippen LogP contribution in [0.1, 0.15) is 0 Å². The molecule has 0 aliphatic carbocycles. The first-order chi connectivity index (χ1) is 8.99. The summed E-state index contributed by atoms with van der Waals surface area (Å²) < 4.78 is 28.6. The fourth-order valence-electron chi connectivity index (χ4n) is 1.34. The maximum atomic E-state index is 11.9. The van der Waals surface area contributed by atoms with Crippen LogP contribution in [0.4, 0.5) is 5.69 Å². The minimum Gasteiger partial charge on any atom is -0.379 e. The van der Waals surface area contributed by atoms with E-state index in [2.05, 4.69) is 6.07 Å². The molecular weight excluding hydrogens is 270 g/mol. The van der Waals surface area contributed by atoms with Gasteiger partial charge in [0.25, 0.3) is 5.69 Å². The lowest BCUT2D eigenvalue weighted by atomic mass is 10.3. The van der Waals surface area contributed by atoms with Gasteiger partial charge >= 0.3 is 10.1 Å². The Morgan fingerprint density at radius 2 is 1.84 bits per heavy atom. The second-order valence-corrected chi connectivity index (χ2v) is 5.07. The van der Waals surface area contributed by atoms with E-state index < -0.39 is 15.0 Å². The third-order valence-electron chi connectivity index (χ3n) is 2.22. The number of non-ortho nitro benzene ring substituents is 1. The van der Waals surface area contributed by atoms with Crippen LogP contribution in [0.5, 0.6) is 5.75 Å². The van der Waals surface area contributed by atoms with Gasteiger partial charge in [-0.1, -0.05) is 12.1 Å². The molecule has 2 aromatic rings. The van der Waals surface area contributed by atoms with Gasteiger partial charge in [-0.25, -0.2) is 0 Å². The van der Waals surface area contributed by atoms with Crippen molar-refractivity contribution < 1.29 is 17.5 Å². The lowest BCUT2D eigenvalue weighted by Crippen LogP contribution is -2.09. The molecule has 0 saturated carbocycles. The first kappa shape index (κ1) is 13.0. The van der Waals surface area contributed by atoms with Crippen LogP contribution in [0, 0.1) is 16.2 Å². The fourth-order valence-corrected chi connectivity index (χ4v) is 2.26. The largest absolute Gasteiger partial charge is 0.379 e. The summed E-state index contributed by atoms with van der Waals surface area (Å²) in [4.78, 5) is 9.71. The molecule has 7 heteroatoms. The topological polar surface area (TPSA) is 86.5 Å². The number of hydrogen-bond acceptors (Lipinski definition) is 5. The van der Waals surface area contributed by atoms with Crippen molar-refractivity contribution in [2.45, 2.75) is 4.90 Å². The number of nitrogens with zero attached hydrogens (tertiary/aromatic N) is 1. The van der Waals surface area contributed by atoms with Gasteiger partial charge < -0.3 is 4.18 Å². The van der Waals surface area contributed by atoms with Crippen LogP contribution in [0.3, 0.4) is 0 Å². The minimum absolute atomic E-state index is 0.126. The Kier molecular flexibility index (Phi) is 3.48. The van der Waals surface area contributed by atoms with E-state index in [1.165, 1.54) is 12.1 Å². The van der Waals surface area contributed by atoms with E-state index in [1.807, 2.05) is 0 Å². The van der Waals surface area contributed by atoms with Crippen molar-refractivity contribution in [3.8, 4) is 5.75 Å². The molecule has 0 saturated heterocycles. The molecule has 0 aromatic heterocycles. The molecule has 1 radical (unpaired) electrons. The summed E-state index contributed by atoms with van der Waals surface area (Å²) >= 11 is 0. The molecule has 0 aliphatic heterocycles.